The van der Waals surface area contributed by atoms with Crippen LogP contribution in [0.5, 0.6) is 0 Å². The Bertz CT molecular complexity index is 413. The molecular weight excluding hydrogens is 296 g/mol. The molecule has 23 heavy (non-hydrogen) atoms. The van der Waals surface area contributed by atoms with E-state index >= 15 is 0 Å². The number of nitrogens with one attached hydrogen (secondary N) is 1. The first-order valence-corrected chi connectivity index (χ1v) is 8.40. The first-order valence-electron chi connectivity index (χ1n) is 8.40. The van der Waals surface area contributed by atoms with Crippen molar-refractivity contribution in [1.29, 1.82) is 0 Å². The van der Waals surface area contributed by atoms with Crippen LogP contribution in [-0.4, -0.2) is 37.4 Å². The number of carbonyl (C=O) groups excluding carboxylic acids is 2. The molecule has 1 saturated carbocycles. The summed E-state index contributed by atoms with van der Waals surface area (Å²) in [6, 6.07) is -0.354. The van der Waals surface area contributed by atoms with Crippen molar-refractivity contribution < 1.29 is 19.1 Å². The van der Waals surface area contributed by atoms with Gasteiger partial charge in [0.1, 0.15) is 5.60 Å². The maximum Gasteiger partial charge on any atom is 0.407 e. The topological polar surface area (TPSA) is 90.6 Å². The molecule has 6 nitrogen and oxygen atoms in total. The molecule has 0 saturated heterocycles. The second-order valence-corrected chi connectivity index (χ2v) is 7.66. The van der Waals surface area contributed by atoms with Gasteiger partial charge in [-0.2, -0.15) is 0 Å². The zero-order valence-corrected chi connectivity index (χ0v) is 15.1. The molecule has 0 bridgehead atoms. The van der Waals surface area contributed by atoms with Gasteiger partial charge in [-0.15, -0.1) is 0 Å². The lowest BCUT2D eigenvalue weighted by Crippen LogP contribution is -2.47. The van der Waals surface area contributed by atoms with E-state index in [2.05, 4.69) is 5.32 Å². The summed E-state index contributed by atoms with van der Waals surface area (Å²) in [4.78, 5) is 24.2. The number of esters is 1. The van der Waals surface area contributed by atoms with Crippen LogP contribution in [0.1, 0.15) is 59.8 Å². The smallest absolute Gasteiger partial charge is 0.407 e. The molecule has 134 valence electrons. The monoisotopic (exact) mass is 328 g/mol. The van der Waals surface area contributed by atoms with E-state index in [1.54, 1.807) is 20.8 Å². The highest BCUT2D eigenvalue weighted by Crippen LogP contribution is 2.49. The van der Waals surface area contributed by atoms with Crippen LogP contribution in [0, 0.1) is 11.3 Å². The molecule has 1 aliphatic carbocycles. The molecule has 1 aliphatic rings. The summed E-state index contributed by atoms with van der Waals surface area (Å²) < 4.78 is 10.2. The molecular formula is C17H32N2O4. The van der Waals surface area contributed by atoms with E-state index in [1.807, 2.05) is 6.92 Å². The normalized spacial score (nSPS) is 19.2. The van der Waals surface area contributed by atoms with E-state index in [0.29, 0.717) is 13.0 Å². The Balaban J connectivity index is 2.73. The summed E-state index contributed by atoms with van der Waals surface area (Å²) >= 11 is 0. The lowest BCUT2D eigenvalue weighted by atomic mass is 9.61. The van der Waals surface area contributed by atoms with E-state index in [4.69, 9.17) is 15.2 Å². The molecule has 0 aromatic rings. The Labute approximate surface area is 139 Å². The summed E-state index contributed by atoms with van der Waals surface area (Å²) in [5, 5.41) is 2.77. The minimum atomic E-state index is -0.570. The van der Waals surface area contributed by atoms with Crippen molar-refractivity contribution in [3.05, 3.63) is 0 Å². The van der Waals surface area contributed by atoms with E-state index in [0.717, 1.165) is 19.3 Å². The molecule has 6 heteroatoms. The molecule has 0 spiro atoms. The SMILES string of the molecule is COC(=O)C(CC1(CCN)CCC1)[C@@H](C)NC(=O)OC(C)(C)C. The largest absolute Gasteiger partial charge is 0.469 e. The van der Waals surface area contributed by atoms with Crippen LogP contribution in [0.3, 0.4) is 0 Å². The lowest BCUT2D eigenvalue weighted by Gasteiger charge is -2.44. The molecule has 1 unspecified atom stereocenters. The quantitative estimate of drug-likeness (QED) is 0.701. The molecule has 1 rings (SSSR count). The predicted octanol–water partition coefficient (Wildman–Crippen LogP) is 2.60. The van der Waals surface area contributed by atoms with Gasteiger partial charge >= 0.3 is 12.1 Å². The number of hydrogen-bond donors (Lipinski definition) is 2. The number of amides is 1. The fourth-order valence-corrected chi connectivity index (χ4v) is 3.22. The summed E-state index contributed by atoms with van der Waals surface area (Å²) in [6.45, 7) is 7.85. The maximum atomic E-state index is 12.2. The third-order valence-corrected chi connectivity index (χ3v) is 4.59. The molecule has 1 fully saturated rings. The molecule has 3 N–H and O–H groups in total. The Kier molecular flexibility index (Phi) is 6.86. The average molecular weight is 328 g/mol. The second-order valence-electron chi connectivity index (χ2n) is 7.66. The highest BCUT2D eigenvalue weighted by molar-refractivity contribution is 5.75. The Hall–Kier alpha value is -1.30. The van der Waals surface area contributed by atoms with Gasteiger partial charge in [-0.25, -0.2) is 4.79 Å². The van der Waals surface area contributed by atoms with E-state index in [9.17, 15) is 9.59 Å². The zero-order chi connectivity index (χ0) is 17.7. The van der Waals surface area contributed by atoms with Crippen molar-refractivity contribution >= 4 is 12.1 Å². The standard InChI is InChI=1S/C17H32N2O4/c1-12(19-15(21)23-16(2,3)4)13(14(20)22-5)11-17(9-10-18)7-6-8-17/h12-13H,6-11,18H2,1-5H3,(H,19,21)/t12-,13?/m1/s1. The summed E-state index contributed by atoms with van der Waals surface area (Å²) in [6.07, 6.45) is 4.41. The number of carbonyl (C=O) groups is 2. The maximum absolute atomic E-state index is 12.2. The second kappa shape index (κ2) is 7.99. The van der Waals surface area contributed by atoms with Crippen LogP contribution in [0.15, 0.2) is 0 Å². The zero-order valence-electron chi connectivity index (χ0n) is 15.1. The van der Waals surface area contributed by atoms with Crippen LogP contribution < -0.4 is 11.1 Å². The summed E-state index contributed by atoms with van der Waals surface area (Å²) in [5.41, 5.74) is 5.27. The molecule has 0 aromatic heterocycles. The number of hydrogen-bond acceptors (Lipinski definition) is 5. The fraction of sp³-hybridized carbons (Fsp3) is 0.882. The van der Waals surface area contributed by atoms with Crippen LogP contribution in [0.25, 0.3) is 0 Å². The number of nitrogens with two attached hydrogens (primary N) is 1. The van der Waals surface area contributed by atoms with Gasteiger partial charge in [0.25, 0.3) is 0 Å². The number of rotatable bonds is 7. The van der Waals surface area contributed by atoms with Crippen LogP contribution >= 0.6 is 0 Å². The first-order chi connectivity index (χ1) is 10.6. The number of methoxy groups -OCH3 is 1. The minimum Gasteiger partial charge on any atom is -0.469 e. The average Bonchev–Trinajstić information content (AvgIpc) is 2.38. The molecule has 0 aromatic carbocycles. The van der Waals surface area contributed by atoms with Crippen molar-refractivity contribution in [2.45, 2.75) is 71.4 Å². The van der Waals surface area contributed by atoms with Crippen molar-refractivity contribution in [2.24, 2.45) is 17.1 Å². The third kappa shape index (κ3) is 6.01. The van der Waals surface area contributed by atoms with Crippen LogP contribution in [0.2, 0.25) is 0 Å². The van der Waals surface area contributed by atoms with Gasteiger partial charge in [0.15, 0.2) is 0 Å². The highest BCUT2D eigenvalue weighted by atomic mass is 16.6. The van der Waals surface area contributed by atoms with E-state index in [-0.39, 0.29) is 23.3 Å². The molecule has 2 atom stereocenters. The van der Waals surface area contributed by atoms with Gasteiger partial charge in [0.2, 0.25) is 0 Å². The van der Waals surface area contributed by atoms with Crippen molar-refractivity contribution in [2.75, 3.05) is 13.7 Å². The predicted molar refractivity (Wildman–Crippen MR) is 88.9 cm³/mol. The van der Waals surface area contributed by atoms with Crippen molar-refractivity contribution in [3.63, 3.8) is 0 Å². The molecule has 0 heterocycles. The molecule has 0 radical (unpaired) electrons. The van der Waals surface area contributed by atoms with Crippen LogP contribution in [0.4, 0.5) is 4.79 Å². The summed E-state index contributed by atoms with van der Waals surface area (Å²) in [5.74, 6) is -0.684. The van der Waals surface area contributed by atoms with E-state index < -0.39 is 11.7 Å². The van der Waals surface area contributed by atoms with Gasteiger partial charge in [-0.05, 0) is 65.3 Å². The number of alkyl carbamates (subject to hydrolysis) is 1. The molecule has 1 amide bonds. The third-order valence-electron chi connectivity index (χ3n) is 4.59. The lowest BCUT2D eigenvalue weighted by molar-refractivity contribution is -0.148. The van der Waals surface area contributed by atoms with Crippen molar-refractivity contribution in [1.82, 2.24) is 5.32 Å². The van der Waals surface area contributed by atoms with Gasteiger partial charge < -0.3 is 20.5 Å². The minimum absolute atomic E-state index is 0.109. The Morgan fingerprint density at radius 2 is 1.91 bits per heavy atom. The Morgan fingerprint density at radius 1 is 1.30 bits per heavy atom. The van der Waals surface area contributed by atoms with Gasteiger partial charge in [-0.1, -0.05) is 6.42 Å². The van der Waals surface area contributed by atoms with Gasteiger partial charge in [0.05, 0.1) is 13.0 Å². The van der Waals surface area contributed by atoms with Gasteiger partial charge in [0, 0.05) is 6.04 Å². The Morgan fingerprint density at radius 3 is 2.30 bits per heavy atom. The molecule has 0 aliphatic heterocycles. The fourth-order valence-electron chi connectivity index (χ4n) is 3.22. The first kappa shape index (κ1) is 19.7. The van der Waals surface area contributed by atoms with Gasteiger partial charge in [-0.3, -0.25) is 4.79 Å². The van der Waals surface area contributed by atoms with Crippen LogP contribution in [-0.2, 0) is 14.3 Å². The highest BCUT2D eigenvalue weighted by Gasteiger charge is 2.42. The number of ether oxygens (including phenoxy) is 2. The van der Waals surface area contributed by atoms with E-state index in [1.165, 1.54) is 13.5 Å². The summed E-state index contributed by atoms with van der Waals surface area (Å²) in [7, 11) is 1.38. The van der Waals surface area contributed by atoms with Crippen molar-refractivity contribution in [3.8, 4) is 0 Å².